The van der Waals surface area contributed by atoms with Crippen molar-refractivity contribution >= 4 is 5.91 Å². The monoisotopic (exact) mass is 477 g/mol. The molecule has 0 saturated carbocycles. The largest absolute Gasteiger partial charge is 0.492 e. The number of pyridine rings is 1. The molecule has 0 spiro atoms. The lowest BCUT2D eigenvalue weighted by Crippen LogP contribution is -2.28. The molecule has 0 aliphatic carbocycles. The van der Waals surface area contributed by atoms with Crippen LogP contribution in [0.25, 0.3) is 0 Å². The fourth-order valence-corrected chi connectivity index (χ4v) is 3.57. The molecule has 7 heteroatoms. The van der Waals surface area contributed by atoms with Crippen LogP contribution in [0.2, 0.25) is 0 Å². The first-order chi connectivity index (χ1) is 17.1. The second-order valence-corrected chi connectivity index (χ2v) is 7.91. The van der Waals surface area contributed by atoms with Crippen molar-refractivity contribution in [2.75, 3.05) is 32.8 Å². The lowest BCUT2D eigenvalue weighted by molar-refractivity contribution is 0.0950. The molecule has 186 valence electrons. The van der Waals surface area contributed by atoms with Gasteiger partial charge in [0.05, 0.1) is 6.61 Å². The third kappa shape index (κ3) is 8.00. The molecule has 1 aromatic heterocycles. The van der Waals surface area contributed by atoms with Gasteiger partial charge in [0, 0.05) is 42.2 Å². The van der Waals surface area contributed by atoms with Gasteiger partial charge in [0.1, 0.15) is 19.0 Å². The maximum Gasteiger partial charge on any atom is 0.251 e. The Balaban J connectivity index is 1.61. The molecule has 2 aromatic carbocycles. The van der Waals surface area contributed by atoms with Crippen molar-refractivity contribution in [1.29, 1.82) is 0 Å². The molecular weight excluding hydrogens is 442 g/mol. The normalized spacial score (nSPS) is 10.7. The Morgan fingerprint density at radius 3 is 2.49 bits per heavy atom. The molecule has 1 N–H and O–H groups in total. The Morgan fingerprint density at radius 1 is 0.914 bits per heavy atom. The highest BCUT2D eigenvalue weighted by Gasteiger charge is 2.13. The molecule has 3 aromatic rings. The summed E-state index contributed by atoms with van der Waals surface area (Å²) in [6.07, 6.45) is 3.48. The second kappa shape index (κ2) is 14.0. The zero-order valence-electron chi connectivity index (χ0n) is 20.8. The molecule has 0 unspecified atom stereocenters. The molecule has 1 amide bonds. The van der Waals surface area contributed by atoms with Crippen molar-refractivity contribution < 1.29 is 19.0 Å². The van der Waals surface area contributed by atoms with Gasteiger partial charge in [0.25, 0.3) is 5.91 Å². The van der Waals surface area contributed by atoms with Crippen LogP contribution >= 0.6 is 0 Å². The maximum absolute atomic E-state index is 12.9. The number of nitrogens with zero attached hydrogens (tertiary/aromatic N) is 2. The van der Waals surface area contributed by atoms with Crippen molar-refractivity contribution in [1.82, 2.24) is 15.2 Å². The number of nitrogens with one attached hydrogen (secondary N) is 1. The summed E-state index contributed by atoms with van der Waals surface area (Å²) in [5.74, 6) is 1.71. The molecule has 0 bridgehead atoms. The number of hydrogen-bond acceptors (Lipinski definition) is 6. The van der Waals surface area contributed by atoms with E-state index in [0.29, 0.717) is 43.4 Å². The van der Waals surface area contributed by atoms with Gasteiger partial charge in [-0.15, -0.1) is 0 Å². The fraction of sp³-hybridized carbons (Fsp3) is 0.357. The molecule has 0 saturated heterocycles. The Morgan fingerprint density at radius 2 is 1.74 bits per heavy atom. The van der Waals surface area contributed by atoms with E-state index < -0.39 is 0 Å². The van der Waals surface area contributed by atoms with Gasteiger partial charge in [-0.1, -0.05) is 38.1 Å². The van der Waals surface area contributed by atoms with Gasteiger partial charge in [-0.05, 0) is 50.3 Å². The van der Waals surface area contributed by atoms with Crippen LogP contribution in [0.1, 0.15) is 42.3 Å². The average Bonchev–Trinajstić information content (AvgIpc) is 2.90. The number of para-hydroxylation sites is 1. The molecule has 0 fully saturated rings. The van der Waals surface area contributed by atoms with Crippen LogP contribution in [0.3, 0.4) is 0 Å². The van der Waals surface area contributed by atoms with E-state index in [0.717, 1.165) is 36.5 Å². The number of benzene rings is 2. The standard InChI is InChI=1S/C28H35N3O4/c1-4-31(5-2)16-17-34-25-12-8-7-11-24(25)20-30-28(32)23-13-14-26(27(18-23)33-6-3)35-21-22-10-9-15-29-19-22/h7-15,18-19H,4-6,16-17,20-21H2,1-3H3,(H,30,32). The van der Waals surface area contributed by atoms with Gasteiger partial charge in [0.15, 0.2) is 11.5 Å². The van der Waals surface area contributed by atoms with Gasteiger partial charge in [0.2, 0.25) is 0 Å². The number of carbonyl (C=O) groups excluding carboxylic acids is 1. The molecule has 0 aliphatic rings. The first-order valence-corrected chi connectivity index (χ1v) is 12.1. The molecule has 1 heterocycles. The number of ether oxygens (including phenoxy) is 3. The minimum atomic E-state index is -0.192. The molecular formula is C28H35N3O4. The predicted octanol–water partition coefficient (Wildman–Crippen LogP) is 4.71. The minimum Gasteiger partial charge on any atom is -0.492 e. The number of rotatable bonds is 14. The zero-order chi connectivity index (χ0) is 24.9. The Labute approximate surface area is 208 Å². The zero-order valence-corrected chi connectivity index (χ0v) is 20.8. The van der Waals surface area contributed by atoms with Crippen molar-refractivity contribution in [3.05, 3.63) is 83.7 Å². The number of carbonyl (C=O) groups is 1. The SMILES string of the molecule is CCOc1cc(C(=O)NCc2ccccc2OCCN(CC)CC)ccc1OCc1cccnc1. The topological polar surface area (TPSA) is 72.9 Å². The highest BCUT2D eigenvalue weighted by atomic mass is 16.5. The number of likely N-dealkylation sites (N-methyl/N-ethyl adjacent to an activating group) is 1. The van der Waals surface area contributed by atoms with Crippen molar-refractivity contribution in [3.8, 4) is 17.2 Å². The van der Waals surface area contributed by atoms with Gasteiger partial charge in [-0.3, -0.25) is 9.78 Å². The van der Waals surface area contributed by atoms with Crippen molar-refractivity contribution in [2.24, 2.45) is 0 Å². The van der Waals surface area contributed by atoms with Crippen LogP contribution in [0.15, 0.2) is 67.0 Å². The quantitative estimate of drug-likeness (QED) is 0.363. The lowest BCUT2D eigenvalue weighted by atomic mass is 10.1. The molecule has 7 nitrogen and oxygen atoms in total. The fourth-order valence-electron chi connectivity index (χ4n) is 3.57. The second-order valence-electron chi connectivity index (χ2n) is 7.91. The summed E-state index contributed by atoms with van der Waals surface area (Å²) in [5.41, 5.74) is 2.39. The summed E-state index contributed by atoms with van der Waals surface area (Å²) in [5, 5.41) is 2.99. The van der Waals surface area contributed by atoms with Crippen LogP contribution in [-0.4, -0.2) is 48.6 Å². The number of aromatic nitrogens is 1. The van der Waals surface area contributed by atoms with Gasteiger partial charge in [-0.25, -0.2) is 0 Å². The Bertz CT molecular complexity index is 1060. The summed E-state index contributed by atoms with van der Waals surface area (Å²) in [6, 6.07) is 16.8. The summed E-state index contributed by atoms with van der Waals surface area (Å²) in [4.78, 5) is 19.3. The van der Waals surface area contributed by atoms with Gasteiger partial charge in [-0.2, -0.15) is 0 Å². The van der Waals surface area contributed by atoms with Crippen molar-refractivity contribution in [2.45, 2.75) is 33.9 Å². The van der Waals surface area contributed by atoms with Crippen LogP contribution < -0.4 is 19.5 Å². The van der Waals surface area contributed by atoms with Crippen LogP contribution in [-0.2, 0) is 13.2 Å². The van der Waals surface area contributed by atoms with E-state index >= 15 is 0 Å². The van der Waals surface area contributed by atoms with E-state index in [4.69, 9.17) is 14.2 Å². The summed E-state index contributed by atoms with van der Waals surface area (Å²) >= 11 is 0. The van der Waals surface area contributed by atoms with Crippen molar-refractivity contribution in [3.63, 3.8) is 0 Å². The predicted molar refractivity (Wildman–Crippen MR) is 137 cm³/mol. The first kappa shape index (κ1) is 26.0. The third-order valence-corrected chi connectivity index (χ3v) is 5.59. The summed E-state index contributed by atoms with van der Waals surface area (Å²) in [6.45, 7) is 10.8. The van der Waals surface area contributed by atoms with E-state index in [9.17, 15) is 4.79 Å². The van der Waals surface area contributed by atoms with Gasteiger partial charge >= 0.3 is 0 Å². The van der Waals surface area contributed by atoms with Crippen LogP contribution in [0.5, 0.6) is 17.2 Å². The summed E-state index contributed by atoms with van der Waals surface area (Å²) in [7, 11) is 0. The summed E-state index contributed by atoms with van der Waals surface area (Å²) < 4.78 is 17.7. The first-order valence-electron chi connectivity index (χ1n) is 12.1. The van der Waals surface area contributed by atoms with E-state index in [2.05, 4.69) is 29.0 Å². The van der Waals surface area contributed by atoms with Crippen LogP contribution in [0.4, 0.5) is 0 Å². The van der Waals surface area contributed by atoms with E-state index in [1.54, 1.807) is 30.6 Å². The molecule has 0 atom stereocenters. The molecule has 3 rings (SSSR count). The molecule has 0 aliphatic heterocycles. The minimum absolute atomic E-state index is 0.192. The Hall–Kier alpha value is -3.58. The van der Waals surface area contributed by atoms with E-state index in [1.807, 2.05) is 43.3 Å². The lowest BCUT2D eigenvalue weighted by Gasteiger charge is -2.19. The smallest absolute Gasteiger partial charge is 0.251 e. The highest BCUT2D eigenvalue weighted by Crippen LogP contribution is 2.29. The number of amides is 1. The molecule has 0 radical (unpaired) electrons. The van der Waals surface area contributed by atoms with Crippen LogP contribution in [0, 0.1) is 0 Å². The average molecular weight is 478 g/mol. The maximum atomic E-state index is 12.9. The van der Waals surface area contributed by atoms with Gasteiger partial charge < -0.3 is 24.4 Å². The van der Waals surface area contributed by atoms with E-state index in [1.165, 1.54) is 0 Å². The molecule has 35 heavy (non-hydrogen) atoms. The Kier molecular flexibility index (Phi) is 10.4. The van der Waals surface area contributed by atoms with E-state index in [-0.39, 0.29) is 5.91 Å². The number of hydrogen-bond donors (Lipinski definition) is 1. The third-order valence-electron chi connectivity index (χ3n) is 5.59. The highest BCUT2D eigenvalue weighted by molar-refractivity contribution is 5.94.